The molecule has 1 atom stereocenters. The summed E-state index contributed by atoms with van der Waals surface area (Å²) in [7, 11) is 3.00. The fourth-order valence-corrected chi connectivity index (χ4v) is 2.71. The van der Waals surface area contributed by atoms with Gasteiger partial charge in [0.05, 0.1) is 32.6 Å². The predicted molar refractivity (Wildman–Crippen MR) is 107 cm³/mol. The Morgan fingerprint density at radius 3 is 2.39 bits per heavy atom. The molecule has 2 rings (SSSR count). The summed E-state index contributed by atoms with van der Waals surface area (Å²) in [5.74, 6) is 0.107. The van der Waals surface area contributed by atoms with Gasteiger partial charge in [-0.1, -0.05) is 17.7 Å². The summed E-state index contributed by atoms with van der Waals surface area (Å²) in [5, 5.41) is 5.26. The Kier molecular flexibility index (Phi) is 7.26. The Bertz CT molecular complexity index is 851. The van der Waals surface area contributed by atoms with E-state index in [1.165, 1.54) is 14.2 Å². The average Bonchev–Trinajstić information content (AvgIpc) is 2.69. The van der Waals surface area contributed by atoms with Gasteiger partial charge < -0.3 is 24.8 Å². The maximum atomic E-state index is 12.4. The van der Waals surface area contributed by atoms with Crippen molar-refractivity contribution < 1.29 is 23.8 Å². The van der Waals surface area contributed by atoms with Crippen LogP contribution in [0.15, 0.2) is 36.4 Å². The van der Waals surface area contributed by atoms with Crippen molar-refractivity contribution in [3.05, 3.63) is 47.5 Å². The number of rotatable bonds is 7. The van der Waals surface area contributed by atoms with Crippen molar-refractivity contribution in [2.24, 2.45) is 0 Å². The summed E-state index contributed by atoms with van der Waals surface area (Å²) in [4.78, 5) is 24.7. The fourth-order valence-electron chi connectivity index (χ4n) is 2.71. The highest BCUT2D eigenvalue weighted by Crippen LogP contribution is 2.29. The quantitative estimate of drug-likeness (QED) is 0.714. The van der Waals surface area contributed by atoms with Crippen LogP contribution in [-0.4, -0.2) is 32.6 Å². The van der Waals surface area contributed by atoms with Gasteiger partial charge in [-0.2, -0.15) is 0 Å². The van der Waals surface area contributed by atoms with Gasteiger partial charge in [0.2, 0.25) is 0 Å². The Hall–Kier alpha value is -3.22. The summed E-state index contributed by atoms with van der Waals surface area (Å²) in [6.45, 7) is 6.16. The SMILES string of the molecule is CCOc1ccc(C)cc1C(C)NC(=O)C(=O)Nc1ccc(OC)cc1OC. The number of carbonyl (C=O) groups excluding carboxylic acids is 2. The predicted octanol–water partition coefficient (Wildman–Crippen LogP) is 3.23. The molecule has 2 aromatic rings. The maximum absolute atomic E-state index is 12.4. The van der Waals surface area contributed by atoms with Gasteiger partial charge in [-0.3, -0.25) is 9.59 Å². The molecule has 7 nitrogen and oxygen atoms in total. The smallest absolute Gasteiger partial charge is 0.313 e. The molecule has 2 aromatic carbocycles. The number of anilines is 1. The van der Waals surface area contributed by atoms with Gasteiger partial charge in [-0.25, -0.2) is 0 Å². The van der Waals surface area contributed by atoms with E-state index in [4.69, 9.17) is 14.2 Å². The summed E-state index contributed by atoms with van der Waals surface area (Å²) in [6, 6.07) is 10.2. The maximum Gasteiger partial charge on any atom is 0.313 e. The van der Waals surface area contributed by atoms with E-state index in [2.05, 4.69) is 10.6 Å². The average molecular weight is 386 g/mol. The lowest BCUT2D eigenvalue weighted by molar-refractivity contribution is -0.136. The number of benzene rings is 2. The van der Waals surface area contributed by atoms with E-state index in [0.29, 0.717) is 29.5 Å². The molecule has 0 aliphatic carbocycles. The van der Waals surface area contributed by atoms with Crippen molar-refractivity contribution in [2.75, 3.05) is 26.1 Å². The van der Waals surface area contributed by atoms with E-state index in [1.807, 2.05) is 32.0 Å². The zero-order chi connectivity index (χ0) is 20.7. The van der Waals surface area contributed by atoms with Crippen LogP contribution in [0, 0.1) is 6.92 Å². The van der Waals surface area contributed by atoms with Crippen molar-refractivity contribution in [3.63, 3.8) is 0 Å². The molecule has 0 aliphatic heterocycles. The van der Waals surface area contributed by atoms with E-state index >= 15 is 0 Å². The van der Waals surface area contributed by atoms with Crippen LogP contribution < -0.4 is 24.8 Å². The first kappa shape index (κ1) is 21.1. The summed E-state index contributed by atoms with van der Waals surface area (Å²) in [5.41, 5.74) is 2.22. The van der Waals surface area contributed by atoms with Crippen molar-refractivity contribution in [1.29, 1.82) is 0 Å². The van der Waals surface area contributed by atoms with Crippen LogP contribution in [0.5, 0.6) is 17.2 Å². The Labute approximate surface area is 165 Å². The molecular weight excluding hydrogens is 360 g/mol. The standard InChI is InChI=1S/C21H26N2O5/c1-6-28-18-10-7-13(2)11-16(18)14(3)22-20(24)21(25)23-17-9-8-15(26-4)12-19(17)27-5/h7-12,14H,6H2,1-5H3,(H,22,24)(H,23,25). The zero-order valence-corrected chi connectivity index (χ0v) is 16.8. The van der Waals surface area contributed by atoms with Crippen molar-refractivity contribution >= 4 is 17.5 Å². The third-order valence-electron chi connectivity index (χ3n) is 4.14. The molecule has 0 fully saturated rings. The topological polar surface area (TPSA) is 85.9 Å². The van der Waals surface area contributed by atoms with E-state index in [9.17, 15) is 9.59 Å². The van der Waals surface area contributed by atoms with Crippen LogP contribution >= 0.6 is 0 Å². The molecule has 2 N–H and O–H groups in total. The molecule has 0 heterocycles. The summed E-state index contributed by atoms with van der Waals surface area (Å²) < 4.78 is 16.0. The molecule has 150 valence electrons. The Morgan fingerprint density at radius 2 is 1.75 bits per heavy atom. The van der Waals surface area contributed by atoms with Crippen LogP contribution in [0.4, 0.5) is 5.69 Å². The number of carbonyl (C=O) groups is 2. The molecule has 0 saturated heterocycles. The Morgan fingerprint density at radius 1 is 1.00 bits per heavy atom. The first-order valence-corrected chi connectivity index (χ1v) is 8.96. The van der Waals surface area contributed by atoms with Crippen LogP contribution in [-0.2, 0) is 9.59 Å². The van der Waals surface area contributed by atoms with Crippen molar-refractivity contribution in [2.45, 2.75) is 26.8 Å². The van der Waals surface area contributed by atoms with Gasteiger partial charge in [0, 0.05) is 11.6 Å². The second-order valence-electron chi connectivity index (χ2n) is 6.19. The monoisotopic (exact) mass is 386 g/mol. The number of methoxy groups -OCH3 is 2. The minimum atomic E-state index is -0.791. The van der Waals surface area contributed by atoms with Crippen LogP contribution in [0.1, 0.15) is 31.0 Å². The van der Waals surface area contributed by atoms with Crippen LogP contribution in [0.25, 0.3) is 0 Å². The van der Waals surface area contributed by atoms with Gasteiger partial charge in [0.25, 0.3) is 0 Å². The number of amides is 2. The highest BCUT2D eigenvalue weighted by atomic mass is 16.5. The highest BCUT2D eigenvalue weighted by molar-refractivity contribution is 6.39. The lowest BCUT2D eigenvalue weighted by atomic mass is 10.0. The van der Waals surface area contributed by atoms with Gasteiger partial charge in [-0.05, 0) is 39.0 Å². The number of hydrogen-bond acceptors (Lipinski definition) is 5. The lowest BCUT2D eigenvalue weighted by Gasteiger charge is -2.19. The largest absolute Gasteiger partial charge is 0.497 e. The lowest BCUT2D eigenvalue weighted by Crippen LogP contribution is -2.37. The van der Waals surface area contributed by atoms with Gasteiger partial charge >= 0.3 is 11.8 Å². The number of aryl methyl sites for hydroxylation is 1. The van der Waals surface area contributed by atoms with Crippen LogP contribution in [0.3, 0.4) is 0 Å². The number of hydrogen-bond donors (Lipinski definition) is 2. The van der Waals surface area contributed by atoms with Crippen molar-refractivity contribution in [1.82, 2.24) is 5.32 Å². The normalized spacial score (nSPS) is 11.3. The van der Waals surface area contributed by atoms with Crippen LogP contribution in [0.2, 0.25) is 0 Å². The van der Waals surface area contributed by atoms with Crippen molar-refractivity contribution in [3.8, 4) is 17.2 Å². The second-order valence-corrected chi connectivity index (χ2v) is 6.19. The Balaban J connectivity index is 2.11. The number of nitrogens with one attached hydrogen (secondary N) is 2. The molecule has 2 amide bonds. The third kappa shape index (κ3) is 5.16. The summed E-state index contributed by atoms with van der Waals surface area (Å²) in [6.07, 6.45) is 0. The molecule has 0 bridgehead atoms. The molecule has 7 heteroatoms. The first-order valence-electron chi connectivity index (χ1n) is 8.96. The van der Waals surface area contributed by atoms with E-state index in [-0.39, 0.29) is 0 Å². The third-order valence-corrected chi connectivity index (χ3v) is 4.14. The minimum Gasteiger partial charge on any atom is -0.497 e. The molecule has 1 unspecified atom stereocenters. The molecule has 0 saturated carbocycles. The zero-order valence-electron chi connectivity index (χ0n) is 16.8. The van der Waals surface area contributed by atoms with Gasteiger partial charge in [0.15, 0.2) is 0 Å². The van der Waals surface area contributed by atoms with E-state index in [1.54, 1.807) is 25.1 Å². The molecular formula is C21H26N2O5. The molecule has 0 spiro atoms. The molecule has 0 aromatic heterocycles. The van der Waals surface area contributed by atoms with Gasteiger partial charge in [-0.15, -0.1) is 0 Å². The number of ether oxygens (including phenoxy) is 3. The van der Waals surface area contributed by atoms with Gasteiger partial charge in [0.1, 0.15) is 17.2 Å². The highest BCUT2D eigenvalue weighted by Gasteiger charge is 2.21. The minimum absolute atomic E-state index is 0.377. The molecule has 28 heavy (non-hydrogen) atoms. The second kappa shape index (κ2) is 9.64. The first-order chi connectivity index (χ1) is 13.4. The van der Waals surface area contributed by atoms with E-state index in [0.717, 1.165) is 11.1 Å². The molecule has 0 radical (unpaired) electrons. The van der Waals surface area contributed by atoms with E-state index < -0.39 is 17.9 Å². The fraction of sp³-hybridized carbons (Fsp3) is 0.333. The molecule has 0 aliphatic rings. The summed E-state index contributed by atoms with van der Waals surface area (Å²) >= 11 is 0.